The summed E-state index contributed by atoms with van der Waals surface area (Å²) in [7, 11) is 1.68. The average Bonchev–Trinajstić information content (AvgIpc) is 2.76. The van der Waals surface area contributed by atoms with E-state index in [4.69, 9.17) is 16.3 Å². The Kier molecular flexibility index (Phi) is 5.43. The molecule has 0 amide bonds. The number of ether oxygens (including phenoxy) is 1. The second kappa shape index (κ2) is 8.31. The fourth-order valence-corrected chi connectivity index (χ4v) is 3.28. The quantitative estimate of drug-likeness (QED) is 0.706. The maximum absolute atomic E-state index is 5.92. The van der Waals surface area contributed by atoms with Gasteiger partial charge in [0.25, 0.3) is 0 Å². The Bertz CT molecular complexity index is 911. The van der Waals surface area contributed by atoms with Crippen LogP contribution in [0.4, 0.5) is 23.1 Å². The standard InChI is InChI=1S/C20H21ClN6O/c1-28-18-8-6-17(7-9-18)26-10-12-27(13-11-26)19-14-22-25-20(24-19)23-16-4-2-15(21)3-5-16/h2-9,14H,10-13H2,1H3,(H,23,24,25). The zero-order valence-electron chi connectivity index (χ0n) is 15.5. The van der Waals surface area contributed by atoms with Crippen LogP contribution in [0.25, 0.3) is 0 Å². The molecule has 8 heteroatoms. The third-order valence-electron chi connectivity index (χ3n) is 4.69. The second-order valence-corrected chi connectivity index (χ2v) is 6.88. The molecule has 1 aliphatic heterocycles. The molecule has 1 aliphatic rings. The number of anilines is 4. The Morgan fingerprint density at radius 3 is 2.29 bits per heavy atom. The van der Waals surface area contributed by atoms with Crippen LogP contribution in [-0.4, -0.2) is 48.5 Å². The molecule has 0 bridgehead atoms. The molecule has 1 saturated heterocycles. The first-order chi connectivity index (χ1) is 13.7. The van der Waals surface area contributed by atoms with E-state index in [1.54, 1.807) is 13.3 Å². The van der Waals surface area contributed by atoms with E-state index in [1.807, 2.05) is 36.4 Å². The first kappa shape index (κ1) is 18.3. The molecular formula is C20H21ClN6O. The van der Waals surface area contributed by atoms with Crippen molar-refractivity contribution in [1.29, 1.82) is 0 Å². The highest BCUT2D eigenvalue weighted by Gasteiger charge is 2.19. The molecule has 2 heterocycles. The third kappa shape index (κ3) is 4.26. The van der Waals surface area contributed by atoms with Crippen LogP contribution >= 0.6 is 11.6 Å². The van der Waals surface area contributed by atoms with Crippen LogP contribution in [0, 0.1) is 0 Å². The third-order valence-corrected chi connectivity index (χ3v) is 4.94. The average molecular weight is 397 g/mol. The SMILES string of the molecule is COc1ccc(N2CCN(c3cnnc(Nc4ccc(Cl)cc4)n3)CC2)cc1. The van der Waals surface area contributed by atoms with E-state index in [0.717, 1.165) is 43.4 Å². The van der Waals surface area contributed by atoms with Gasteiger partial charge in [0.1, 0.15) is 5.75 Å². The van der Waals surface area contributed by atoms with E-state index < -0.39 is 0 Å². The van der Waals surface area contributed by atoms with E-state index in [0.29, 0.717) is 11.0 Å². The van der Waals surface area contributed by atoms with Crippen molar-refractivity contribution < 1.29 is 4.74 Å². The van der Waals surface area contributed by atoms with E-state index in [9.17, 15) is 0 Å². The molecular weight excluding hydrogens is 376 g/mol. The molecule has 0 spiro atoms. The molecule has 7 nitrogen and oxygen atoms in total. The molecule has 2 aromatic carbocycles. The lowest BCUT2D eigenvalue weighted by Crippen LogP contribution is -2.46. The van der Waals surface area contributed by atoms with Crippen LogP contribution in [0.2, 0.25) is 5.02 Å². The Balaban J connectivity index is 1.39. The fourth-order valence-electron chi connectivity index (χ4n) is 3.15. The van der Waals surface area contributed by atoms with Gasteiger partial charge < -0.3 is 19.9 Å². The summed E-state index contributed by atoms with van der Waals surface area (Å²) in [6.07, 6.45) is 1.70. The van der Waals surface area contributed by atoms with Gasteiger partial charge in [-0.15, -0.1) is 5.10 Å². The van der Waals surface area contributed by atoms with Gasteiger partial charge in [0.05, 0.1) is 13.3 Å². The zero-order chi connectivity index (χ0) is 19.3. The van der Waals surface area contributed by atoms with Crippen LogP contribution < -0.4 is 19.9 Å². The summed E-state index contributed by atoms with van der Waals surface area (Å²) in [5, 5.41) is 12.0. The minimum absolute atomic E-state index is 0.470. The largest absolute Gasteiger partial charge is 0.497 e. The number of nitrogens with one attached hydrogen (secondary N) is 1. The van der Waals surface area contributed by atoms with Crippen molar-refractivity contribution >= 4 is 34.7 Å². The molecule has 3 aromatic rings. The van der Waals surface area contributed by atoms with Crippen molar-refractivity contribution in [2.45, 2.75) is 0 Å². The molecule has 0 saturated carbocycles. The summed E-state index contributed by atoms with van der Waals surface area (Å²) in [5.74, 6) is 2.16. The highest BCUT2D eigenvalue weighted by Crippen LogP contribution is 2.23. The highest BCUT2D eigenvalue weighted by molar-refractivity contribution is 6.30. The lowest BCUT2D eigenvalue weighted by atomic mass is 10.2. The van der Waals surface area contributed by atoms with Gasteiger partial charge in [0.2, 0.25) is 5.95 Å². The summed E-state index contributed by atoms with van der Waals surface area (Å²) in [6, 6.07) is 15.6. The van der Waals surface area contributed by atoms with Crippen molar-refractivity contribution in [2.75, 3.05) is 48.4 Å². The van der Waals surface area contributed by atoms with Crippen molar-refractivity contribution in [1.82, 2.24) is 15.2 Å². The van der Waals surface area contributed by atoms with Gasteiger partial charge in [0, 0.05) is 42.6 Å². The van der Waals surface area contributed by atoms with Crippen molar-refractivity contribution in [3.63, 3.8) is 0 Å². The molecule has 144 valence electrons. The molecule has 4 rings (SSSR count). The minimum atomic E-state index is 0.470. The summed E-state index contributed by atoms with van der Waals surface area (Å²) in [5.41, 5.74) is 2.07. The number of rotatable bonds is 5. The summed E-state index contributed by atoms with van der Waals surface area (Å²) in [6.45, 7) is 3.56. The monoisotopic (exact) mass is 396 g/mol. The predicted octanol–water partition coefficient (Wildman–Crippen LogP) is 3.60. The van der Waals surface area contributed by atoms with Crippen LogP contribution in [0.1, 0.15) is 0 Å². The van der Waals surface area contributed by atoms with Crippen molar-refractivity contribution in [3.8, 4) is 5.75 Å². The number of hydrogen-bond donors (Lipinski definition) is 1. The topological polar surface area (TPSA) is 66.4 Å². The molecule has 0 atom stereocenters. The summed E-state index contributed by atoms with van der Waals surface area (Å²) in [4.78, 5) is 9.19. The van der Waals surface area contributed by atoms with Gasteiger partial charge >= 0.3 is 0 Å². The smallest absolute Gasteiger partial charge is 0.249 e. The lowest BCUT2D eigenvalue weighted by molar-refractivity contribution is 0.415. The molecule has 1 fully saturated rings. The number of halogens is 1. The van der Waals surface area contributed by atoms with Gasteiger partial charge in [-0.2, -0.15) is 10.1 Å². The number of hydrogen-bond acceptors (Lipinski definition) is 7. The Hall–Kier alpha value is -3.06. The normalized spacial score (nSPS) is 14.1. The van der Waals surface area contributed by atoms with Crippen LogP contribution in [0.15, 0.2) is 54.7 Å². The fraction of sp³-hybridized carbons (Fsp3) is 0.250. The maximum Gasteiger partial charge on any atom is 0.249 e. The molecule has 1 N–H and O–H groups in total. The molecule has 0 unspecified atom stereocenters. The number of benzene rings is 2. The molecule has 28 heavy (non-hydrogen) atoms. The van der Waals surface area contributed by atoms with Crippen LogP contribution in [0.3, 0.4) is 0 Å². The molecule has 0 radical (unpaired) electrons. The lowest BCUT2D eigenvalue weighted by Gasteiger charge is -2.36. The zero-order valence-corrected chi connectivity index (χ0v) is 16.3. The van der Waals surface area contributed by atoms with Crippen LogP contribution in [0.5, 0.6) is 5.75 Å². The molecule has 0 aliphatic carbocycles. The van der Waals surface area contributed by atoms with E-state index in [2.05, 4.69) is 42.4 Å². The maximum atomic E-state index is 5.92. The number of aromatic nitrogens is 3. The van der Waals surface area contributed by atoms with Crippen LogP contribution in [-0.2, 0) is 0 Å². The van der Waals surface area contributed by atoms with Gasteiger partial charge in [-0.3, -0.25) is 0 Å². The molecule has 1 aromatic heterocycles. The predicted molar refractivity (Wildman–Crippen MR) is 112 cm³/mol. The van der Waals surface area contributed by atoms with Gasteiger partial charge in [-0.25, -0.2) is 0 Å². The van der Waals surface area contributed by atoms with Gasteiger partial charge in [-0.05, 0) is 48.5 Å². The van der Waals surface area contributed by atoms with Crippen molar-refractivity contribution in [3.05, 3.63) is 59.8 Å². The van der Waals surface area contributed by atoms with E-state index >= 15 is 0 Å². The Morgan fingerprint density at radius 1 is 0.929 bits per heavy atom. The number of methoxy groups -OCH3 is 1. The van der Waals surface area contributed by atoms with E-state index in [1.165, 1.54) is 5.69 Å². The summed E-state index contributed by atoms with van der Waals surface area (Å²) >= 11 is 5.92. The number of nitrogens with zero attached hydrogens (tertiary/aromatic N) is 5. The van der Waals surface area contributed by atoms with Gasteiger partial charge in [-0.1, -0.05) is 11.6 Å². The Labute approximate surface area is 168 Å². The second-order valence-electron chi connectivity index (χ2n) is 6.44. The number of piperazine rings is 1. The highest BCUT2D eigenvalue weighted by atomic mass is 35.5. The van der Waals surface area contributed by atoms with E-state index in [-0.39, 0.29) is 0 Å². The first-order valence-electron chi connectivity index (χ1n) is 9.07. The first-order valence-corrected chi connectivity index (χ1v) is 9.45. The summed E-state index contributed by atoms with van der Waals surface area (Å²) < 4.78 is 5.23. The minimum Gasteiger partial charge on any atom is -0.497 e. The Morgan fingerprint density at radius 2 is 1.61 bits per heavy atom. The van der Waals surface area contributed by atoms with Gasteiger partial charge in [0.15, 0.2) is 5.82 Å². The van der Waals surface area contributed by atoms with Crippen molar-refractivity contribution in [2.24, 2.45) is 0 Å².